The Kier molecular flexibility index (Phi) is 3.61. The molecule has 0 unspecified atom stereocenters. The Morgan fingerprint density at radius 2 is 2.11 bits per heavy atom. The number of nitrogens with two attached hydrogens (primary N) is 1. The highest BCUT2D eigenvalue weighted by Crippen LogP contribution is 2.26. The van der Waals surface area contributed by atoms with Gasteiger partial charge >= 0.3 is 5.97 Å². The average molecular weight is 259 g/mol. The fourth-order valence-corrected chi connectivity index (χ4v) is 1.43. The second-order valence-electron chi connectivity index (χ2n) is 3.77. The first-order chi connectivity index (χ1) is 9.11. The van der Waals surface area contributed by atoms with Crippen LogP contribution in [0.15, 0.2) is 30.5 Å². The number of carbonyl (C=O) groups is 1. The summed E-state index contributed by atoms with van der Waals surface area (Å²) in [6.07, 6.45) is 1.66. The van der Waals surface area contributed by atoms with Gasteiger partial charge in [-0.3, -0.25) is 4.98 Å². The van der Waals surface area contributed by atoms with Gasteiger partial charge in [0, 0.05) is 6.20 Å². The van der Waals surface area contributed by atoms with E-state index in [1.807, 2.05) is 0 Å². The summed E-state index contributed by atoms with van der Waals surface area (Å²) in [5.74, 6) is 0.135. The molecule has 0 radical (unpaired) electrons. The van der Waals surface area contributed by atoms with Crippen LogP contribution in [-0.2, 0) is 4.74 Å². The molecule has 0 bridgehead atoms. The number of anilines is 1. The van der Waals surface area contributed by atoms with Crippen molar-refractivity contribution in [1.82, 2.24) is 9.97 Å². The van der Waals surface area contributed by atoms with Crippen molar-refractivity contribution in [3.8, 4) is 11.6 Å². The number of hydrogen-bond acceptors (Lipinski definition) is 6. The van der Waals surface area contributed by atoms with Crippen LogP contribution in [0.1, 0.15) is 16.2 Å². The zero-order valence-corrected chi connectivity index (χ0v) is 10.6. The summed E-state index contributed by atoms with van der Waals surface area (Å²) in [5.41, 5.74) is 6.93. The highest BCUT2D eigenvalue weighted by atomic mass is 16.5. The Morgan fingerprint density at radius 3 is 2.79 bits per heavy atom. The van der Waals surface area contributed by atoms with E-state index in [1.165, 1.54) is 13.2 Å². The number of esters is 1. The lowest BCUT2D eigenvalue weighted by atomic mass is 10.3. The predicted octanol–water partition coefficient (Wildman–Crippen LogP) is 1.95. The summed E-state index contributed by atoms with van der Waals surface area (Å²) in [5, 5.41) is 0. The summed E-state index contributed by atoms with van der Waals surface area (Å²) >= 11 is 0. The molecule has 0 aliphatic rings. The van der Waals surface area contributed by atoms with Crippen LogP contribution >= 0.6 is 0 Å². The lowest BCUT2D eigenvalue weighted by Crippen LogP contribution is -2.06. The van der Waals surface area contributed by atoms with Crippen LogP contribution < -0.4 is 10.5 Å². The van der Waals surface area contributed by atoms with Gasteiger partial charge in [-0.05, 0) is 31.2 Å². The first-order valence-corrected chi connectivity index (χ1v) is 5.56. The minimum absolute atomic E-state index is 0.133. The Labute approximate surface area is 110 Å². The maximum atomic E-state index is 11.4. The molecule has 0 aliphatic carbocycles. The molecule has 19 heavy (non-hydrogen) atoms. The van der Waals surface area contributed by atoms with Gasteiger partial charge < -0.3 is 15.2 Å². The molecule has 0 amide bonds. The third-order valence-corrected chi connectivity index (χ3v) is 2.45. The highest BCUT2D eigenvalue weighted by Gasteiger charge is 2.12. The first-order valence-electron chi connectivity index (χ1n) is 5.56. The molecule has 6 nitrogen and oxygen atoms in total. The van der Waals surface area contributed by atoms with Crippen molar-refractivity contribution in [3.05, 3.63) is 41.9 Å². The van der Waals surface area contributed by atoms with E-state index in [0.717, 1.165) is 0 Å². The topological polar surface area (TPSA) is 87.3 Å². The molecule has 0 spiro atoms. The van der Waals surface area contributed by atoms with Crippen molar-refractivity contribution in [2.24, 2.45) is 0 Å². The van der Waals surface area contributed by atoms with Crippen LogP contribution in [0.25, 0.3) is 0 Å². The van der Waals surface area contributed by atoms with Gasteiger partial charge in [-0.25, -0.2) is 9.78 Å². The van der Waals surface area contributed by atoms with Crippen LogP contribution in [0.4, 0.5) is 5.69 Å². The van der Waals surface area contributed by atoms with Gasteiger partial charge in [0.05, 0.1) is 18.5 Å². The standard InChI is InChI=1S/C13H13N3O3/c1-8-11(4-3-7-15-8)19-12-9(14)5-6-10(16-12)13(17)18-2/h3-7H,14H2,1-2H3. The molecule has 2 N–H and O–H groups in total. The van der Waals surface area contributed by atoms with Gasteiger partial charge in [-0.2, -0.15) is 0 Å². The molecule has 98 valence electrons. The normalized spacial score (nSPS) is 10.0. The second kappa shape index (κ2) is 5.34. The van der Waals surface area contributed by atoms with E-state index in [1.54, 1.807) is 31.3 Å². The molecule has 2 heterocycles. The van der Waals surface area contributed by atoms with Gasteiger partial charge in [0.25, 0.3) is 0 Å². The number of ether oxygens (including phenoxy) is 2. The van der Waals surface area contributed by atoms with Crippen molar-refractivity contribution in [2.45, 2.75) is 6.92 Å². The van der Waals surface area contributed by atoms with E-state index in [9.17, 15) is 4.79 Å². The molecule has 2 aromatic rings. The van der Waals surface area contributed by atoms with E-state index in [0.29, 0.717) is 17.1 Å². The number of pyridine rings is 2. The summed E-state index contributed by atoms with van der Waals surface area (Å²) in [4.78, 5) is 19.5. The molecule has 0 fully saturated rings. The zero-order chi connectivity index (χ0) is 13.8. The zero-order valence-electron chi connectivity index (χ0n) is 10.6. The second-order valence-corrected chi connectivity index (χ2v) is 3.77. The number of aryl methyl sites for hydroxylation is 1. The molecule has 6 heteroatoms. The van der Waals surface area contributed by atoms with Gasteiger partial charge in [-0.1, -0.05) is 0 Å². The van der Waals surface area contributed by atoms with Crippen molar-refractivity contribution in [3.63, 3.8) is 0 Å². The van der Waals surface area contributed by atoms with Crippen molar-refractivity contribution in [1.29, 1.82) is 0 Å². The van der Waals surface area contributed by atoms with Crippen molar-refractivity contribution < 1.29 is 14.3 Å². The summed E-state index contributed by atoms with van der Waals surface area (Å²) in [6.45, 7) is 1.80. The first kappa shape index (κ1) is 12.8. The average Bonchev–Trinajstić information content (AvgIpc) is 2.42. The number of carbonyl (C=O) groups excluding carboxylic acids is 1. The molecule has 0 aliphatic heterocycles. The SMILES string of the molecule is COC(=O)c1ccc(N)c(Oc2cccnc2C)n1. The molecule has 2 rings (SSSR count). The minimum Gasteiger partial charge on any atom is -0.464 e. The van der Waals surface area contributed by atoms with Crippen LogP contribution in [0.3, 0.4) is 0 Å². The third kappa shape index (κ3) is 2.79. The van der Waals surface area contributed by atoms with Crippen LogP contribution in [-0.4, -0.2) is 23.0 Å². The highest BCUT2D eigenvalue weighted by molar-refractivity contribution is 5.87. The molecule has 2 aromatic heterocycles. The fourth-order valence-electron chi connectivity index (χ4n) is 1.43. The van der Waals surface area contributed by atoms with E-state index in [2.05, 4.69) is 14.7 Å². The Morgan fingerprint density at radius 1 is 1.32 bits per heavy atom. The van der Waals surface area contributed by atoms with Crippen molar-refractivity contribution in [2.75, 3.05) is 12.8 Å². The molecule has 0 atom stereocenters. The largest absolute Gasteiger partial charge is 0.464 e. The fraction of sp³-hybridized carbons (Fsp3) is 0.154. The number of nitrogens with zero attached hydrogens (tertiary/aromatic N) is 2. The molecule has 0 saturated heterocycles. The van der Waals surface area contributed by atoms with Gasteiger partial charge in [0.1, 0.15) is 0 Å². The smallest absolute Gasteiger partial charge is 0.356 e. The monoisotopic (exact) mass is 259 g/mol. The Hall–Kier alpha value is -2.63. The maximum Gasteiger partial charge on any atom is 0.356 e. The van der Waals surface area contributed by atoms with E-state index < -0.39 is 5.97 Å². The number of nitrogen functional groups attached to an aromatic ring is 1. The van der Waals surface area contributed by atoms with Crippen LogP contribution in [0.5, 0.6) is 11.6 Å². The number of hydrogen-bond donors (Lipinski definition) is 1. The van der Waals surface area contributed by atoms with Crippen LogP contribution in [0.2, 0.25) is 0 Å². The van der Waals surface area contributed by atoms with Crippen LogP contribution in [0, 0.1) is 6.92 Å². The van der Waals surface area contributed by atoms with Gasteiger partial charge in [0.15, 0.2) is 11.4 Å². The van der Waals surface area contributed by atoms with Gasteiger partial charge in [0.2, 0.25) is 5.88 Å². The minimum atomic E-state index is -0.548. The molecule has 0 aromatic carbocycles. The number of rotatable bonds is 3. The molecular formula is C13H13N3O3. The predicted molar refractivity (Wildman–Crippen MR) is 69.0 cm³/mol. The number of aromatic nitrogens is 2. The molecular weight excluding hydrogens is 246 g/mol. The number of methoxy groups -OCH3 is 1. The quantitative estimate of drug-likeness (QED) is 0.847. The Balaban J connectivity index is 2.34. The maximum absolute atomic E-state index is 11.4. The summed E-state index contributed by atoms with van der Waals surface area (Å²) in [6, 6.07) is 6.50. The Bertz CT molecular complexity index is 614. The third-order valence-electron chi connectivity index (χ3n) is 2.45. The lowest BCUT2D eigenvalue weighted by Gasteiger charge is -2.09. The lowest BCUT2D eigenvalue weighted by molar-refractivity contribution is 0.0593. The van der Waals surface area contributed by atoms with E-state index in [-0.39, 0.29) is 11.6 Å². The van der Waals surface area contributed by atoms with Gasteiger partial charge in [-0.15, -0.1) is 0 Å². The van der Waals surface area contributed by atoms with Crippen molar-refractivity contribution >= 4 is 11.7 Å². The van der Waals surface area contributed by atoms with E-state index >= 15 is 0 Å². The molecule has 0 saturated carbocycles. The summed E-state index contributed by atoms with van der Waals surface area (Å²) in [7, 11) is 1.28. The summed E-state index contributed by atoms with van der Waals surface area (Å²) < 4.78 is 10.2. The van der Waals surface area contributed by atoms with E-state index in [4.69, 9.17) is 10.5 Å².